The minimum absolute atomic E-state index is 0.274. The van der Waals surface area contributed by atoms with Crippen molar-refractivity contribution in [3.63, 3.8) is 0 Å². The molecule has 1 fully saturated rings. The number of amides is 2. The number of methoxy groups -OCH3 is 1. The molecule has 2 aromatic carbocycles. The molecule has 1 heterocycles. The molecule has 0 atom stereocenters. The fraction of sp³-hybridized carbons (Fsp3) is 0.0556. The van der Waals surface area contributed by atoms with Crippen molar-refractivity contribution >= 4 is 46.2 Å². The van der Waals surface area contributed by atoms with E-state index in [4.69, 9.17) is 17.0 Å². The van der Waals surface area contributed by atoms with Gasteiger partial charge in [0.05, 0.1) is 17.6 Å². The molecule has 1 saturated heterocycles. The summed E-state index contributed by atoms with van der Waals surface area (Å²) in [4.78, 5) is 25.5. The summed E-state index contributed by atoms with van der Waals surface area (Å²) in [5.74, 6) is -0.401. The molecule has 0 aliphatic carbocycles. The summed E-state index contributed by atoms with van der Waals surface area (Å²) in [6.07, 6.45) is 1.74. The molecule has 1 N–H and O–H groups in total. The second-order valence-corrected chi connectivity index (χ2v) is 6.74. The fourth-order valence-electron chi connectivity index (χ4n) is 2.26. The zero-order chi connectivity index (χ0) is 17.8. The van der Waals surface area contributed by atoms with Crippen LogP contribution in [0.4, 0.5) is 0 Å². The van der Waals surface area contributed by atoms with Gasteiger partial charge < -0.3 is 4.74 Å². The van der Waals surface area contributed by atoms with Gasteiger partial charge in [0, 0.05) is 0 Å². The van der Waals surface area contributed by atoms with E-state index in [2.05, 4.69) is 5.43 Å². The number of para-hydroxylation sites is 1. The Labute approximate surface area is 154 Å². The van der Waals surface area contributed by atoms with Crippen molar-refractivity contribution in [2.45, 2.75) is 0 Å². The SMILES string of the molecule is COc1ccccc1C(=O)NN1C(=O)/C(=C\c2ccccc2)SC1=S. The van der Waals surface area contributed by atoms with Gasteiger partial charge in [-0.15, -0.1) is 0 Å². The van der Waals surface area contributed by atoms with Crippen molar-refractivity contribution in [2.75, 3.05) is 7.11 Å². The van der Waals surface area contributed by atoms with E-state index in [9.17, 15) is 9.59 Å². The third-order valence-corrected chi connectivity index (χ3v) is 4.76. The van der Waals surface area contributed by atoms with Crippen molar-refractivity contribution in [1.29, 1.82) is 0 Å². The number of hydrazine groups is 1. The van der Waals surface area contributed by atoms with Crippen LogP contribution in [0.25, 0.3) is 6.08 Å². The van der Waals surface area contributed by atoms with Crippen molar-refractivity contribution in [3.05, 3.63) is 70.6 Å². The van der Waals surface area contributed by atoms with Gasteiger partial charge in [-0.3, -0.25) is 15.0 Å². The van der Waals surface area contributed by atoms with Gasteiger partial charge in [0.1, 0.15) is 5.75 Å². The van der Waals surface area contributed by atoms with Crippen LogP contribution >= 0.6 is 24.0 Å². The summed E-state index contributed by atoms with van der Waals surface area (Å²) >= 11 is 6.37. The van der Waals surface area contributed by atoms with Crippen LogP contribution in [0.3, 0.4) is 0 Å². The Morgan fingerprint density at radius 3 is 2.56 bits per heavy atom. The van der Waals surface area contributed by atoms with Gasteiger partial charge in [-0.2, -0.15) is 5.01 Å². The summed E-state index contributed by atoms with van der Waals surface area (Å²) in [7, 11) is 1.48. The van der Waals surface area contributed by atoms with Crippen molar-refractivity contribution < 1.29 is 14.3 Å². The summed E-state index contributed by atoms with van der Waals surface area (Å²) in [5.41, 5.74) is 3.76. The topological polar surface area (TPSA) is 58.6 Å². The molecule has 2 aromatic rings. The average Bonchev–Trinajstić information content (AvgIpc) is 2.90. The Hall–Kier alpha value is -2.64. The number of ether oxygens (including phenoxy) is 1. The number of thiocarbonyl (C=S) groups is 1. The average molecular weight is 370 g/mol. The van der Waals surface area contributed by atoms with Crippen LogP contribution in [0.2, 0.25) is 0 Å². The first-order valence-electron chi connectivity index (χ1n) is 7.37. The molecular formula is C18H14N2O3S2. The lowest BCUT2D eigenvalue weighted by molar-refractivity contribution is -0.123. The van der Waals surface area contributed by atoms with E-state index in [1.165, 1.54) is 7.11 Å². The lowest BCUT2D eigenvalue weighted by Crippen LogP contribution is -2.44. The molecule has 0 saturated carbocycles. The Bertz CT molecular complexity index is 866. The Balaban J connectivity index is 1.79. The van der Waals surface area contributed by atoms with E-state index in [-0.39, 0.29) is 10.2 Å². The van der Waals surface area contributed by atoms with Crippen LogP contribution in [0.5, 0.6) is 5.75 Å². The molecule has 0 unspecified atom stereocenters. The maximum atomic E-state index is 12.5. The minimum atomic E-state index is -0.463. The minimum Gasteiger partial charge on any atom is -0.496 e. The molecule has 3 rings (SSSR count). The molecule has 0 bridgehead atoms. The van der Waals surface area contributed by atoms with E-state index in [1.807, 2.05) is 30.3 Å². The number of nitrogens with zero attached hydrogens (tertiary/aromatic N) is 1. The molecule has 25 heavy (non-hydrogen) atoms. The van der Waals surface area contributed by atoms with Crippen molar-refractivity contribution in [2.24, 2.45) is 0 Å². The predicted molar refractivity (Wildman–Crippen MR) is 102 cm³/mol. The Morgan fingerprint density at radius 2 is 1.84 bits per heavy atom. The zero-order valence-electron chi connectivity index (χ0n) is 13.3. The van der Waals surface area contributed by atoms with Crippen LogP contribution in [-0.2, 0) is 4.79 Å². The lowest BCUT2D eigenvalue weighted by atomic mass is 10.2. The highest BCUT2D eigenvalue weighted by Gasteiger charge is 2.34. The van der Waals surface area contributed by atoms with Crippen LogP contribution in [0, 0.1) is 0 Å². The molecule has 0 spiro atoms. The molecule has 0 aromatic heterocycles. The van der Waals surface area contributed by atoms with E-state index < -0.39 is 5.91 Å². The lowest BCUT2D eigenvalue weighted by Gasteiger charge is -2.16. The first kappa shape index (κ1) is 17.2. The number of benzene rings is 2. The third kappa shape index (κ3) is 3.72. The van der Waals surface area contributed by atoms with Gasteiger partial charge in [0.25, 0.3) is 11.8 Å². The summed E-state index contributed by atoms with van der Waals surface area (Å²) in [5, 5.41) is 1.09. The largest absolute Gasteiger partial charge is 0.496 e. The van der Waals surface area contributed by atoms with Gasteiger partial charge in [0.15, 0.2) is 4.32 Å². The number of rotatable bonds is 4. The molecule has 7 heteroatoms. The van der Waals surface area contributed by atoms with Crippen molar-refractivity contribution in [1.82, 2.24) is 10.4 Å². The number of nitrogens with one attached hydrogen (secondary N) is 1. The zero-order valence-corrected chi connectivity index (χ0v) is 14.9. The van der Waals surface area contributed by atoms with Gasteiger partial charge in [-0.25, -0.2) is 0 Å². The maximum absolute atomic E-state index is 12.5. The van der Waals surface area contributed by atoms with E-state index >= 15 is 0 Å². The predicted octanol–water partition coefficient (Wildman–Crippen LogP) is 3.24. The summed E-state index contributed by atoms with van der Waals surface area (Å²) in [6.45, 7) is 0. The van der Waals surface area contributed by atoms with Crippen LogP contribution < -0.4 is 10.2 Å². The van der Waals surface area contributed by atoms with Crippen LogP contribution in [-0.4, -0.2) is 28.3 Å². The second-order valence-electron chi connectivity index (χ2n) is 5.07. The van der Waals surface area contributed by atoms with E-state index in [1.54, 1.807) is 30.3 Å². The second kappa shape index (κ2) is 7.50. The molecule has 0 radical (unpaired) electrons. The highest BCUT2D eigenvalue weighted by atomic mass is 32.2. The fourth-order valence-corrected chi connectivity index (χ4v) is 3.44. The van der Waals surface area contributed by atoms with Crippen molar-refractivity contribution in [3.8, 4) is 5.75 Å². The first-order valence-corrected chi connectivity index (χ1v) is 8.59. The van der Waals surface area contributed by atoms with E-state index in [0.29, 0.717) is 16.2 Å². The summed E-state index contributed by atoms with van der Waals surface area (Å²) < 4.78 is 5.44. The third-order valence-electron chi connectivity index (χ3n) is 3.46. The Morgan fingerprint density at radius 1 is 1.16 bits per heavy atom. The number of hydrogen-bond donors (Lipinski definition) is 1. The van der Waals surface area contributed by atoms with Gasteiger partial charge >= 0.3 is 0 Å². The molecular weight excluding hydrogens is 356 g/mol. The smallest absolute Gasteiger partial charge is 0.285 e. The Kier molecular flexibility index (Phi) is 5.16. The van der Waals surface area contributed by atoms with Gasteiger partial charge in [0.2, 0.25) is 0 Å². The number of carbonyl (C=O) groups is 2. The molecule has 1 aliphatic heterocycles. The van der Waals surface area contributed by atoms with Crippen LogP contribution in [0.15, 0.2) is 59.5 Å². The van der Waals surface area contributed by atoms with Gasteiger partial charge in [-0.05, 0) is 36.0 Å². The first-order chi connectivity index (χ1) is 12.1. The number of thioether (sulfide) groups is 1. The maximum Gasteiger partial charge on any atom is 0.285 e. The normalized spacial score (nSPS) is 15.6. The molecule has 5 nitrogen and oxygen atoms in total. The molecule has 1 aliphatic rings. The quantitative estimate of drug-likeness (QED) is 0.661. The van der Waals surface area contributed by atoms with E-state index in [0.717, 1.165) is 22.3 Å². The highest BCUT2D eigenvalue weighted by Crippen LogP contribution is 2.31. The molecule has 126 valence electrons. The van der Waals surface area contributed by atoms with Crippen LogP contribution in [0.1, 0.15) is 15.9 Å². The molecule has 2 amide bonds. The highest BCUT2D eigenvalue weighted by molar-refractivity contribution is 8.26. The number of carbonyl (C=O) groups excluding carboxylic acids is 2. The standard InChI is InChI=1S/C18H14N2O3S2/c1-23-14-10-6-5-9-13(14)16(21)19-20-17(22)15(25-18(20)24)11-12-7-3-2-4-8-12/h2-11H,1H3,(H,19,21)/b15-11+. The monoisotopic (exact) mass is 370 g/mol. The van der Waals surface area contributed by atoms with Gasteiger partial charge in [-0.1, -0.05) is 54.2 Å². The number of hydrogen-bond acceptors (Lipinski definition) is 5. The summed E-state index contributed by atoms with van der Waals surface area (Å²) in [6, 6.07) is 16.2.